The van der Waals surface area contributed by atoms with Crippen molar-refractivity contribution in [2.45, 2.75) is 18.4 Å². The lowest BCUT2D eigenvalue weighted by Gasteiger charge is -2.38. The highest BCUT2D eigenvalue weighted by atomic mass is 16.2. The molecule has 0 spiro atoms. The number of aromatic amines is 1. The van der Waals surface area contributed by atoms with E-state index >= 15 is 0 Å². The van der Waals surface area contributed by atoms with Crippen molar-refractivity contribution < 1.29 is 4.79 Å². The summed E-state index contributed by atoms with van der Waals surface area (Å²) < 4.78 is 0. The summed E-state index contributed by atoms with van der Waals surface area (Å²) in [5.74, 6) is 0.961. The van der Waals surface area contributed by atoms with Crippen molar-refractivity contribution in [2.75, 3.05) is 26.7 Å². The van der Waals surface area contributed by atoms with Crippen molar-refractivity contribution in [2.24, 2.45) is 5.92 Å². The lowest BCUT2D eigenvalue weighted by atomic mass is 9.82. The van der Waals surface area contributed by atoms with Crippen molar-refractivity contribution in [3.63, 3.8) is 0 Å². The number of likely N-dealkylation sites (tertiary alicyclic amines) is 2. The van der Waals surface area contributed by atoms with Gasteiger partial charge in [0.05, 0.1) is 5.69 Å². The predicted molar refractivity (Wildman–Crippen MR) is 111 cm³/mol. The number of carbonyl (C=O) groups excluding carboxylic acids is 1. The predicted octanol–water partition coefficient (Wildman–Crippen LogP) is 3.03. The lowest BCUT2D eigenvalue weighted by molar-refractivity contribution is 0.0602. The van der Waals surface area contributed by atoms with Crippen LogP contribution in [0.25, 0.3) is 11.3 Å². The SMILES string of the molecule is CN1C[C@H](c2ccccc2)[C@H]2CN(C(=O)c3cc(-c4cccnc4)n[nH]3)CC[C@H]21. The van der Waals surface area contributed by atoms with Crippen molar-refractivity contribution in [3.8, 4) is 11.3 Å². The van der Waals surface area contributed by atoms with Crippen molar-refractivity contribution >= 4 is 5.91 Å². The van der Waals surface area contributed by atoms with Crippen molar-refractivity contribution in [1.29, 1.82) is 0 Å². The Kier molecular flexibility index (Phi) is 4.64. The Morgan fingerprint density at radius 1 is 1.14 bits per heavy atom. The second kappa shape index (κ2) is 7.44. The molecule has 29 heavy (non-hydrogen) atoms. The molecular formula is C23H25N5O. The average Bonchev–Trinajstić information content (AvgIpc) is 3.40. The number of H-pyrrole nitrogens is 1. The molecule has 5 rings (SSSR count). The molecule has 2 aliphatic rings. The summed E-state index contributed by atoms with van der Waals surface area (Å²) in [6, 6.07) is 16.9. The van der Waals surface area contributed by atoms with E-state index < -0.39 is 0 Å². The molecule has 0 radical (unpaired) electrons. The summed E-state index contributed by atoms with van der Waals surface area (Å²) >= 11 is 0. The summed E-state index contributed by atoms with van der Waals surface area (Å²) in [7, 11) is 2.22. The van der Waals surface area contributed by atoms with E-state index in [1.165, 1.54) is 5.56 Å². The first kappa shape index (κ1) is 18.1. The zero-order valence-electron chi connectivity index (χ0n) is 16.5. The topological polar surface area (TPSA) is 65.1 Å². The van der Waals surface area contributed by atoms with E-state index in [0.717, 1.165) is 37.3 Å². The summed E-state index contributed by atoms with van der Waals surface area (Å²) in [6.45, 7) is 2.62. The van der Waals surface area contributed by atoms with Gasteiger partial charge >= 0.3 is 0 Å². The Hall–Kier alpha value is -2.99. The fourth-order valence-corrected chi connectivity index (χ4v) is 4.99. The molecule has 1 amide bonds. The van der Waals surface area contributed by atoms with E-state index in [0.29, 0.717) is 23.6 Å². The van der Waals surface area contributed by atoms with E-state index in [9.17, 15) is 4.79 Å². The highest BCUT2D eigenvalue weighted by molar-refractivity contribution is 5.93. The van der Waals surface area contributed by atoms with Gasteiger partial charge in [0, 0.05) is 55.5 Å². The molecule has 148 valence electrons. The van der Waals surface area contributed by atoms with E-state index in [4.69, 9.17) is 0 Å². The molecule has 6 nitrogen and oxygen atoms in total. The van der Waals surface area contributed by atoms with Gasteiger partial charge in [0.2, 0.25) is 0 Å². The summed E-state index contributed by atoms with van der Waals surface area (Å²) in [6.07, 6.45) is 4.50. The summed E-state index contributed by atoms with van der Waals surface area (Å²) in [5.41, 5.74) is 3.58. The third-order valence-corrected chi connectivity index (χ3v) is 6.47. The minimum atomic E-state index is 0.0347. The normalized spacial score (nSPS) is 24.4. The van der Waals surface area contributed by atoms with Gasteiger partial charge in [-0.15, -0.1) is 0 Å². The molecule has 2 aliphatic heterocycles. The number of aromatic nitrogens is 3. The number of carbonyl (C=O) groups is 1. The van der Waals surface area contributed by atoms with Crippen LogP contribution < -0.4 is 0 Å². The number of benzene rings is 1. The fourth-order valence-electron chi connectivity index (χ4n) is 4.99. The van der Waals surface area contributed by atoms with Crippen LogP contribution in [0, 0.1) is 5.92 Å². The molecule has 0 unspecified atom stereocenters. The van der Waals surface area contributed by atoms with Gasteiger partial charge in [0.15, 0.2) is 0 Å². The van der Waals surface area contributed by atoms with Gasteiger partial charge in [-0.3, -0.25) is 14.9 Å². The monoisotopic (exact) mass is 387 g/mol. The van der Waals surface area contributed by atoms with Crippen LogP contribution in [0.15, 0.2) is 60.9 Å². The van der Waals surface area contributed by atoms with Gasteiger partial charge in [-0.1, -0.05) is 30.3 Å². The standard InChI is InChI=1S/C23H25N5O/c1-27-14-18(16-6-3-2-4-7-16)19-15-28(11-9-22(19)27)23(29)21-12-20(25-26-21)17-8-5-10-24-13-17/h2-8,10,12-13,18-19,22H,9,11,14-15H2,1H3,(H,25,26)/t18-,19-,22-/m1/s1. The van der Waals surface area contributed by atoms with Gasteiger partial charge in [-0.05, 0) is 37.2 Å². The Morgan fingerprint density at radius 2 is 2.00 bits per heavy atom. The maximum Gasteiger partial charge on any atom is 0.271 e. The van der Waals surface area contributed by atoms with Gasteiger partial charge in [-0.2, -0.15) is 5.10 Å². The largest absolute Gasteiger partial charge is 0.337 e. The number of piperidine rings is 1. The molecular weight excluding hydrogens is 362 g/mol. The number of likely N-dealkylation sites (N-methyl/N-ethyl adjacent to an activating group) is 1. The van der Waals surface area contributed by atoms with E-state index in [1.807, 2.05) is 23.1 Å². The van der Waals surface area contributed by atoms with Crippen molar-refractivity contribution in [3.05, 3.63) is 72.2 Å². The molecule has 3 aromatic rings. The molecule has 0 bridgehead atoms. The zero-order valence-corrected chi connectivity index (χ0v) is 16.5. The Morgan fingerprint density at radius 3 is 2.79 bits per heavy atom. The smallest absolute Gasteiger partial charge is 0.271 e. The third kappa shape index (κ3) is 3.34. The number of nitrogens with one attached hydrogen (secondary N) is 1. The summed E-state index contributed by atoms with van der Waals surface area (Å²) in [5, 5.41) is 7.26. The van der Waals surface area contributed by atoms with Crippen LogP contribution in [-0.4, -0.2) is 63.6 Å². The molecule has 2 saturated heterocycles. The first-order valence-corrected chi connectivity index (χ1v) is 10.2. The van der Waals surface area contributed by atoms with Gasteiger partial charge < -0.3 is 9.80 Å². The molecule has 0 saturated carbocycles. The average molecular weight is 387 g/mol. The Labute approximate surface area is 170 Å². The molecule has 2 fully saturated rings. The maximum atomic E-state index is 13.2. The highest BCUT2D eigenvalue weighted by Crippen LogP contribution is 2.40. The quantitative estimate of drug-likeness (QED) is 0.750. The van der Waals surface area contributed by atoms with Crippen LogP contribution in [0.4, 0.5) is 0 Å². The maximum absolute atomic E-state index is 13.2. The number of hydrogen-bond acceptors (Lipinski definition) is 4. The van der Waals surface area contributed by atoms with Gasteiger partial charge in [-0.25, -0.2) is 0 Å². The Bertz CT molecular complexity index is 987. The van der Waals surface area contributed by atoms with Crippen LogP contribution in [0.3, 0.4) is 0 Å². The second-order valence-electron chi connectivity index (χ2n) is 8.14. The molecule has 6 heteroatoms. The van der Waals surface area contributed by atoms with Gasteiger partial charge in [0.25, 0.3) is 5.91 Å². The molecule has 1 N–H and O–H groups in total. The van der Waals surface area contributed by atoms with Crippen LogP contribution in [0.2, 0.25) is 0 Å². The third-order valence-electron chi connectivity index (χ3n) is 6.47. The number of fused-ring (bicyclic) bond motifs is 1. The van der Waals surface area contributed by atoms with Crippen molar-refractivity contribution in [1.82, 2.24) is 25.0 Å². The van der Waals surface area contributed by atoms with Crippen LogP contribution in [-0.2, 0) is 0 Å². The lowest BCUT2D eigenvalue weighted by Crippen LogP contribution is -2.48. The number of nitrogens with zero attached hydrogens (tertiary/aromatic N) is 4. The number of pyridine rings is 1. The molecule has 1 aromatic carbocycles. The van der Waals surface area contributed by atoms with Crippen LogP contribution in [0.1, 0.15) is 28.4 Å². The minimum Gasteiger partial charge on any atom is -0.337 e. The number of hydrogen-bond donors (Lipinski definition) is 1. The summed E-state index contributed by atoms with van der Waals surface area (Å²) in [4.78, 5) is 21.8. The Balaban J connectivity index is 1.35. The van der Waals surface area contributed by atoms with E-state index in [2.05, 4.69) is 57.5 Å². The number of amides is 1. The molecule has 2 aromatic heterocycles. The second-order valence-corrected chi connectivity index (χ2v) is 8.14. The minimum absolute atomic E-state index is 0.0347. The molecule has 4 heterocycles. The first-order chi connectivity index (χ1) is 14.2. The zero-order chi connectivity index (χ0) is 19.8. The highest BCUT2D eigenvalue weighted by Gasteiger charge is 2.44. The molecule has 0 aliphatic carbocycles. The van der Waals surface area contributed by atoms with Crippen LogP contribution in [0.5, 0.6) is 0 Å². The van der Waals surface area contributed by atoms with Gasteiger partial charge in [0.1, 0.15) is 5.69 Å². The first-order valence-electron chi connectivity index (χ1n) is 10.2. The number of rotatable bonds is 3. The van der Waals surface area contributed by atoms with E-state index in [1.54, 1.807) is 12.4 Å². The fraction of sp³-hybridized carbons (Fsp3) is 0.348. The van der Waals surface area contributed by atoms with Crippen LogP contribution >= 0.6 is 0 Å². The van der Waals surface area contributed by atoms with E-state index in [-0.39, 0.29) is 5.91 Å². The molecule has 3 atom stereocenters.